The van der Waals surface area contributed by atoms with Crippen molar-refractivity contribution in [1.82, 2.24) is 4.98 Å². The molecule has 1 fully saturated rings. The van der Waals surface area contributed by atoms with Crippen molar-refractivity contribution >= 4 is 23.3 Å². The molecule has 0 radical (unpaired) electrons. The largest absolute Gasteiger partial charge is 0.478 e. The van der Waals surface area contributed by atoms with E-state index in [9.17, 15) is 14.7 Å². The molecule has 0 bridgehead atoms. The zero-order chi connectivity index (χ0) is 23.5. The molecule has 4 N–H and O–H groups in total. The van der Waals surface area contributed by atoms with E-state index in [-0.39, 0.29) is 23.1 Å². The molecule has 170 valence electrons. The Hall–Kier alpha value is -3.71. The quantitative estimate of drug-likeness (QED) is 0.543. The van der Waals surface area contributed by atoms with Gasteiger partial charge in [-0.15, -0.1) is 0 Å². The lowest BCUT2D eigenvalue weighted by molar-refractivity contribution is 0.0697. The highest BCUT2D eigenvalue weighted by molar-refractivity contribution is 6.08. The van der Waals surface area contributed by atoms with Gasteiger partial charge in [0.05, 0.1) is 23.1 Å². The van der Waals surface area contributed by atoms with Gasteiger partial charge in [-0.1, -0.05) is 35.4 Å². The van der Waals surface area contributed by atoms with Crippen LogP contribution in [-0.2, 0) is 0 Å². The highest BCUT2D eigenvalue weighted by atomic mass is 16.4. The van der Waals surface area contributed by atoms with Crippen molar-refractivity contribution in [3.8, 4) is 11.1 Å². The molecule has 1 aliphatic heterocycles. The SMILES string of the molecule is Cc1cc(C)cc(-c2cncc(NC(=O)c3cccc(C(=O)O)c3)c2N2CCC(N)CC2)c1. The highest BCUT2D eigenvalue weighted by Gasteiger charge is 2.24. The van der Waals surface area contributed by atoms with Crippen LogP contribution in [0.2, 0.25) is 0 Å². The number of nitrogens with two attached hydrogens (primary N) is 1. The van der Waals surface area contributed by atoms with Crippen LogP contribution in [-0.4, -0.2) is 41.1 Å². The number of amides is 1. The van der Waals surface area contributed by atoms with Crippen LogP contribution >= 0.6 is 0 Å². The second-order valence-corrected chi connectivity index (χ2v) is 8.62. The number of aromatic carboxylic acids is 1. The summed E-state index contributed by atoms with van der Waals surface area (Å²) in [7, 11) is 0. The normalized spacial score (nSPS) is 14.2. The van der Waals surface area contributed by atoms with Crippen molar-refractivity contribution in [1.29, 1.82) is 0 Å². The van der Waals surface area contributed by atoms with Crippen molar-refractivity contribution in [3.63, 3.8) is 0 Å². The average Bonchev–Trinajstić information content (AvgIpc) is 2.79. The third-order valence-corrected chi connectivity index (χ3v) is 5.93. The maximum atomic E-state index is 13.1. The second-order valence-electron chi connectivity index (χ2n) is 8.62. The number of carboxylic acids is 1. The molecule has 7 nitrogen and oxygen atoms in total. The number of carbonyl (C=O) groups is 2. The fourth-order valence-corrected chi connectivity index (χ4v) is 4.34. The number of pyridine rings is 1. The maximum Gasteiger partial charge on any atom is 0.335 e. The van der Waals surface area contributed by atoms with Crippen LogP contribution in [0, 0.1) is 13.8 Å². The lowest BCUT2D eigenvalue weighted by Gasteiger charge is -2.34. The van der Waals surface area contributed by atoms with Gasteiger partial charge < -0.3 is 21.1 Å². The van der Waals surface area contributed by atoms with E-state index in [0.29, 0.717) is 5.69 Å². The zero-order valence-electron chi connectivity index (χ0n) is 18.8. The van der Waals surface area contributed by atoms with E-state index < -0.39 is 5.97 Å². The molecule has 1 saturated heterocycles. The molecule has 0 atom stereocenters. The molecule has 0 saturated carbocycles. The molecule has 1 aliphatic rings. The minimum absolute atomic E-state index is 0.0648. The number of carboxylic acid groups (broad SMARTS) is 1. The molecule has 1 aromatic heterocycles. The van der Waals surface area contributed by atoms with E-state index >= 15 is 0 Å². The molecule has 2 heterocycles. The minimum Gasteiger partial charge on any atom is -0.478 e. The van der Waals surface area contributed by atoms with E-state index in [0.717, 1.165) is 53.9 Å². The summed E-state index contributed by atoms with van der Waals surface area (Å²) in [5.74, 6) is -1.46. The predicted molar refractivity (Wildman–Crippen MR) is 130 cm³/mol. The topological polar surface area (TPSA) is 109 Å². The van der Waals surface area contributed by atoms with E-state index in [4.69, 9.17) is 5.73 Å². The number of piperidine rings is 1. The summed E-state index contributed by atoms with van der Waals surface area (Å²) >= 11 is 0. The standard InChI is InChI=1S/C26H28N4O3/c1-16-10-17(2)12-20(11-16)22-14-28-15-23(24(22)30-8-6-21(27)7-9-30)29-25(31)18-4-3-5-19(13-18)26(32)33/h3-5,10-15,21H,6-9,27H2,1-2H3,(H,29,31)(H,32,33). The number of aromatic nitrogens is 1. The summed E-state index contributed by atoms with van der Waals surface area (Å²) in [5, 5.41) is 12.2. The third-order valence-electron chi connectivity index (χ3n) is 5.93. The van der Waals surface area contributed by atoms with E-state index in [1.165, 1.54) is 12.1 Å². The van der Waals surface area contributed by atoms with Crippen LogP contribution in [0.5, 0.6) is 0 Å². The molecule has 0 unspecified atom stereocenters. The minimum atomic E-state index is -1.08. The van der Waals surface area contributed by atoms with Crippen molar-refractivity contribution in [2.45, 2.75) is 32.7 Å². The molecule has 0 spiro atoms. The van der Waals surface area contributed by atoms with Gasteiger partial charge in [0.2, 0.25) is 0 Å². The number of nitrogens with one attached hydrogen (secondary N) is 1. The molecular weight excluding hydrogens is 416 g/mol. The first-order chi connectivity index (χ1) is 15.8. The molecule has 7 heteroatoms. The number of hydrogen-bond donors (Lipinski definition) is 3. The summed E-state index contributed by atoms with van der Waals surface area (Å²) in [6.45, 7) is 5.68. The molecule has 1 amide bonds. The Morgan fingerprint density at radius 1 is 1.03 bits per heavy atom. The van der Waals surface area contributed by atoms with Gasteiger partial charge in [0.25, 0.3) is 5.91 Å². The van der Waals surface area contributed by atoms with Gasteiger partial charge in [-0.2, -0.15) is 0 Å². The fourth-order valence-electron chi connectivity index (χ4n) is 4.34. The Labute approximate surface area is 193 Å². The van der Waals surface area contributed by atoms with Gasteiger partial charge in [0.15, 0.2) is 0 Å². The van der Waals surface area contributed by atoms with Gasteiger partial charge >= 0.3 is 5.97 Å². The van der Waals surface area contributed by atoms with E-state index in [1.807, 2.05) is 6.20 Å². The Kier molecular flexibility index (Phi) is 6.42. The molecule has 4 rings (SSSR count). The molecule has 0 aliphatic carbocycles. The van der Waals surface area contributed by atoms with Crippen LogP contribution < -0.4 is 16.0 Å². The Balaban J connectivity index is 1.76. The monoisotopic (exact) mass is 444 g/mol. The number of hydrogen-bond acceptors (Lipinski definition) is 5. The lowest BCUT2D eigenvalue weighted by Crippen LogP contribution is -2.40. The van der Waals surface area contributed by atoms with Crippen LogP contribution in [0.1, 0.15) is 44.7 Å². The number of rotatable bonds is 5. The summed E-state index contributed by atoms with van der Waals surface area (Å²) in [6.07, 6.45) is 5.21. The van der Waals surface area contributed by atoms with Crippen LogP contribution in [0.15, 0.2) is 54.9 Å². The lowest BCUT2D eigenvalue weighted by atomic mass is 9.98. The maximum absolute atomic E-state index is 13.1. The van der Waals surface area contributed by atoms with E-state index in [2.05, 4.69) is 47.2 Å². The van der Waals surface area contributed by atoms with Gasteiger partial charge in [0, 0.05) is 36.5 Å². The van der Waals surface area contributed by atoms with Crippen LogP contribution in [0.3, 0.4) is 0 Å². The summed E-state index contributed by atoms with van der Waals surface area (Å²) < 4.78 is 0. The summed E-state index contributed by atoms with van der Waals surface area (Å²) in [4.78, 5) is 31.1. The van der Waals surface area contributed by atoms with E-state index in [1.54, 1.807) is 18.3 Å². The van der Waals surface area contributed by atoms with Crippen LogP contribution in [0.4, 0.5) is 11.4 Å². The smallest absolute Gasteiger partial charge is 0.335 e. The Morgan fingerprint density at radius 2 is 1.70 bits per heavy atom. The van der Waals surface area contributed by atoms with Crippen molar-refractivity contribution < 1.29 is 14.7 Å². The molecular formula is C26H28N4O3. The average molecular weight is 445 g/mol. The summed E-state index contributed by atoms with van der Waals surface area (Å²) in [6, 6.07) is 12.5. The van der Waals surface area contributed by atoms with Crippen molar-refractivity contribution in [2.75, 3.05) is 23.3 Å². The van der Waals surface area contributed by atoms with Crippen molar-refractivity contribution in [2.24, 2.45) is 5.73 Å². The van der Waals surface area contributed by atoms with Gasteiger partial charge in [0.1, 0.15) is 0 Å². The molecule has 2 aromatic carbocycles. The number of nitrogens with zero attached hydrogens (tertiary/aromatic N) is 2. The molecule has 3 aromatic rings. The molecule has 33 heavy (non-hydrogen) atoms. The Bertz CT molecular complexity index is 1180. The highest BCUT2D eigenvalue weighted by Crippen LogP contribution is 2.38. The predicted octanol–water partition coefficient (Wildman–Crippen LogP) is 4.24. The second kappa shape index (κ2) is 9.42. The van der Waals surface area contributed by atoms with Gasteiger partial charge in [-0.25, -0.2) is 4.79 Å². The Morgan fingerprint density at radius 3 is 2.36 bits per heavy atom. The fraction of sp³-hybridized carbons (Fsp3) is 0.269. The summed E-state index contributed by atoms with van der Waals surface area (Å²) in [5.41, 5.74) is 12.3. The van der Waals surface area contributed by atoms with Gasteiger partial charge in [-0.3, -0.25) is 9.78 Å². The van der Waals surface area contributed by atoms with Gasteiger partial charge in [-0.05, 0) is 50.5 Å². The third kappa shape index (κ3) is 5.04. The van der Waals surface area contributed by atoms with Crippen LogP contribution in [0.25, 0.3) is 11.1 Å². The first-order valence-electron chi connectivity index (χ1n) is 11.0. The van der Waals surface area contributed by atoms with Crippen molar-refractivity contribution in [3.05, 3.63) is 77.1 Å². The first kappa shape index (κ1) is 22.5. The number of benzene rings is 2. The number of anilines is 2. The number of carbonyl (C=O) groups excluding carboxylic acids is 1. The first-order valence-corrected chi connectivity index (χ1v) is 11.0. The zero-order valence-corrected chi connectivity index (χ0v) is 18.8. The number of aryl methyl sites for hydroxylation is 2.